The summed E-state index contributed by atoms with van der Waals surface area (Å²) in [6.07, 6.45) is -0.910. The zero-order chi connectivity index (χ0) is 19.8. The van der Waals surface area contributed by atoms with Crippen molar-refractivity contribution in [1.29, 1.82) is 0 Å². The van der Waals surface area contributed by atoms with Crippen molar-refractivity contribution in [3.05, 3.63) is 59.7 Å². The van der Waals surface area contributed by atoms with Crippen molar-refractivity contribution in [2.24, 2.45) is 5.92 Å². The van der Waals surface area contributed by atoms with Crippen molar-refractivity contribution in [2.45, 2.75) is 18.4 Å². The Morgan fingerprint density at radius 3 is 2.04 bits per heavy atom. The van der Waals surface area contributed by atoms with Crippen LogP contribution in [0.25, 0.3) is 11.1 Å². The summed E-state index contributed by atoms with van der Waals surface area (Å²) in [5, 5.41) is 18.5. The molecule has 1 heterocycles. The van der Waals surface area contributed by atoms with E-state index in [9.17, 15) is 19.5 Å². The molecule has 2 aromatic carbocycles. The Morgan fingerprint density at radius 1 is 0.929 bits per heavy atom. The maximum atomic E-state index is 12.6. The van der Waals surface area contributed by atoms with Crippen LogP contribution < -0.4 is 0 Å². The van der Waals surface area contributed by atoms with Crippen LogP contribution in [-0.2, 0) is 14.3 Å². The second-order valence-electron chi connectivity index (χ2n) is 7.08. The van der Waals surface area contributed by atoms with Crippen molar-refractivity contribution in [1.82, 2.24) is 4.90 Å². The van der Waals surface area contributed by atoms with E-state index in [2.05, 4.69) is 0 Å². The van der Waals surface area contributed by atoms with Crippen molar-refractivity contribution in [2.75, 3.05) is 13.2 Å². The van der Waals surface area contributed by atoms with Gasteiger partial charge in [-0.1, -0.05) is 48.5 Å². The number of benzene rings is 2. The van der Waals surface area contributed by atoms with E-state index in [1.165, 1.54) is 0 Å². The first-order valence-corrected chi connectivity index (χ1v) is 9.04. The summed E-state index contributed by atoms with van der Waals surface area (Å²) in [6.45, 7) is -0.101. The van der Waals surface area contributed by atoms with Gasteiger partial charge in [-0.25, -0.2) is 9.59 Å². The summed E-state index contributed by atoms with van der Waals surface area (Å²) in [7, 11) is 0. The molecule has 1 aliphatic carbocycles. The van der Waals surface area contributed by atoms with Gasteiger partial charge >= 0.3 is 18.0 Å². The number of aliphatic carboxylic acids is 2. The fourth-order valence-electron chi connectivity index (χ4n) is 4.13. The standard InChI is InChI=1S/C21H19NO6/c23-19(24)12-9-18(20(25)26)22(10-12)21(27)28-11-17-15-7-3-1-5-13(15)14-6-2-4-8-16(14)17/h1-8,12,17-18H,9-11H2,(H,23,24)(H,25,26). The minimum atomic E-state index is -1.22. The molecule has 1 amide bonds. The Balaban J connectivity index is 1.52. The predicted octanol–water partition coefficient (Wildman–Crippen LogP) is 2.80. The number of carboxylic acids is 2. The zero-order valence-corrected chi connectivity index (χ0v) is 14.9. The highest BCUT2D eigenvalue weighted by Gasteiger charge is 2.43. The number of fused-ring (bicyclic) bond motifs is 3. The number of hydrogen-bond acceptors (Lipinski definition) is 4. The molecule has 4 rings (SSSR count). The van der Waals surface area contributed by atoms with Gasteiger partial charge < -0.3 is 14.9 Å². The Kier molecular flexibility index (Phi) is 4.50. The van der Waals surface area contributed by atoms with Crippen LogP contribution in [0.3, 0.4) is 0 Å². The van der Waals surface area contributed by atoms with E-state index in [1.54, 1.807) is 0 Å². The highest BCUT2D eigenvalue weighted by atomic mass is 16.6. The molecule has 144 valence electrons. The van der Waals surface area contributed by atoms with E-state index in [4.69, 9.17) is 9.84 Å². The van der Waals surface area contributed by atoms with Crippen LogP contribution in [0, 0.1) is 5.92 Å². The molecule has 0 radical (unpaired) electrons. The molecule has 2 N–H and O–H groups in total. The summed E-state index contributed by atoms with van der Waals surface area (Å²) in [6, 6.07) is 14.6. The molecule has 1 aliphatic heterocycles. The topological polar surface area (TPSA) is 104 Å². The first-order valence-electron chi connectivity index (χ1n) is 9.04. The van der Waals surface area contributed by atoms with Crippen LogP contribution in [0.4, 0.5) is 4.79 Å². The van der Waals surface area contributed by atoms with Gasteiger partial charge in [0, 0.05) is 12.5 Å². The summed E-state index contributed by atoms with van der Waals surface area (Å²) in [5.74, 6) is -3.38. The molecule has 0 spiro atoms. The van der Waals surface area contributed by atoms with Crippen LogP contribution in [0.5, 0.6) is 0 Å². The van der Waals surface area contributed by atoms with E-state index < -0.39 is 30.0 Å². The average Bonchev–Trinajstić information content (AvgIpc) is 3.27. The lowest BCUT2D eigenvalue weighted by molar-refractivity contribution is -0.141. The minimum Gasteiger partial charge on any atom is -0.481 e. The SMILES string of the molecule is O=C(O)C1CC(C(=O)O)N(C(=O)OCC2c3ccccc3-c3ccccc32)C1. The first-order chi connectivity index (χ1) is 13.5. The number of rotatable bonds is 4. The van der Waals surface area contributed by atoms with Gasteiger partial charge in [0.2, 0.25) is 0 Å². The normalized spacial score (nSPS) is 20.5. The number of carbonyl (C=O) groups excluding carboxylic acids is 1. The first kappa shape index (κ1) is 18.0. The molecule has 7 heteroatoms. The smallest absolute Gasteiger partial charge is 0.410 e. The molecule has 2 unspecified atom stereocenters. The van der Waals surface area contributed by atoms with Gasteiger partial charge in [-0.05, 0) is 28.7 Å². The quantitative estimate of drug-likeness (QED) is 0.844. The van der Waals surface area contributed by atoms with E-state index in [1.807, 2.05) is 48.5 Å². The zero-order valence-electron chi connectivity index (χ0n) is 14.9. The molecule has 0 saturated carbocycles. The third kappa shape index (κ3) is 2.98. The number of likely N-dealkylation sites (tertiary alicyclic amines) is 1. The molecule has 2 aromatic rings. The Morgan fingerprint density at radius 2 is 1.50 bits per heavy atom. The molecule has 2 aliphatic rings. The third-order valence-corrected chi connectivity index (χ3v) is 5.51. The van der Waals surface area contributed by atoms with Gasteiger partial charge in [-0.15, -0.1) is 0 Å². The molecule has 7 nitrogen and oxygen atoms in total. The molecule has 0 bridgehead atoms. The molecule has 2 atom stereocenters. The maximum Gasteiger partial charge on any atom is 0.410 e. The van der Waals surface area contributed by atoms with Crippen molar-refractivity contribution >= 4 is 18.0 Å². The fraction of sp³-hybridized carbons (Fsp3) is 0.286. The number of amides is 1. The fourth-order valence-corrected chi connectivity index (χ4v) is 4.13. The molecular weight excluding hydrogens is 362 g/mol. The number of hydrogen-bond donors (Lipinski definition) is 2. The number of nitrogens with zero attached hydrogens (tertiary/aromatic N) is 1. The second kappa shape index (κ2) is 6.99. The van der Waals surface area contributed by atoms with Crippen LogP contribution in [0.2, 0.25) is 0 Å². The van der Waals surface area contributed by atoms with Crippen LogP contribution in [-0.4, -0.2) is 52.3 Å². The van der Waals surface area contributed by atoms with Crippen LogP contribution >= 0.6 is 0 Å². The lowest BCUT2D eigenvalue weighted by Crippen LogP contribution is -2.41. The van der Waals surface area contributed by atoms with Gasteiger partial charge in [0.1, 0.15) is 12.6 Å². The van der Waals surface area contributed by atoms with Gasteiger partial charge in [-0.2, -0.15) is 0 Å². The van der Waals surface area contributed by atoms with E-state index >= 15 is 0 Å². The lowest BCUT2D eigenvalue weighted by atomic mass is 9.98. The summed E-state index contributed by atoms with van der Waals surface area (Å²) in [4.78, 5) is 36.2. The summed E-state index contributed by atoms with van der Waals surface area (Å²) in [5.41, 5.74) is 4.29. The minimum absolute atomic E-state index is 0.0629. The predicted molar refractivity (Wildman–Crippen MR) is 98.9 cm³/mol. The van der Waals surface area contributed by atoms with Crippen molar-refractivity contribution in [3.8, 4) is 11.1 Å². The summed E-state index contributed by atoms with van der Waals surface area (Å²) < 4.78 is 5.46. The van der Waals surface area contributed by atoms with E-state index in [0.717, 1.165) is 27.2 Å². The van der Waals surface area contributed by atoms with Crippen LogP contribution in [0.1, 0.15) is 23.5 Å². The molecule has 0 aromatic heterocycles. The van der Waals surface area contributed by atoms with E-state index in [0.29, 0.717) is 0 Å². The number of carboxylic acid groups (broad SMARTS) is 2. The van der Waals surface area contributed by atoms with Gasteiger partial charge in [0.15, 0.2) is 0 Å². The monoisotopic (exact) mass is 381 g/mol. The van der Waals surface area contributed by atoms with Crippen LogP contribution in [0.15, 0.2) is 48.5 Å². The third-order valence-electron chi connectivity index (χ3n) is 5.51. The highest BCUT2D eigenvalue weighted by molar-refractivity contribution is 5.84. The lowest BCUT2D eigenvalue weighted by Gasteiger charge is -2.22. The molecule has 1 fully saturated rings. The number of carbonyl (C=O) groups is 3. The van der Waals surface area contributed by atoms with Crippen molar-refractivity contribution < 1.29 is 29.3 Å². The van der Waals surface area contributed by atoms with Gasteiger partial charge in [0.25, 0.3) is 0 Å². The average molecular weight is 381 g/mol. The number of ether oxygens (including phenoxy) is 1. The van der Waals surface area contributed by atoms with Crippen molar-refractivity contribution in [3.63, 3.8) is 0 Å². The summed E-state index contributed by atoms with van der Waals surface area (Å²) >= 11 is 0. The Labute approximate surface area is 161 Å². The molecular formula is C21H19NO6. The molecule has 1 saturated heterocycles. The largest absolute Gasteiger partial charge is 0.481 e. The molecule has 28 heavy (non-hydrogen) atoms. The highest BCUT2D eigenvalue weighted by Crippen LogP contribution is 2.44. The Bertz CT molecular complexity index is 910. The maximum absolute atomic E-state index is 12.6. The Hall–Kier alpha value is -3.35. The van der Waals surface area contributed by atoms with Gasteiger partial charge in [-0.3, -0.25) is 9.69 Å². The van der Waals surface area contributed by atoms with E-state index in [-0.39, 0.29) is 25.5 Å². The second-order valence-corrected chi connectivity index (χ2v) is 7.08. The van der Waals surface area contributed by atoms with Gasteiger partial charge in [0.05, 0.1) is 5.92 Å².